The van der Waals surface area contributed by atoms with Gasteiger partial charge in [-0.05, 0) is 52.2 Å². The molecule has 0 heterocycles. The van der Waals surface area contributed by atoms with Gasteiger partial charge >= 0.3 is 0 Å². The zero-order chi connectivity index (χ0) is 10.4. The van der Waals surface area contributed by atoms with E-state index in [-0.39, 0.29) is 0 Å². The van der Waals surface area contributed by atoms with Crippen LogP contribution < -0.4 is 5.32 Å². The third-order valence-electron chi connectivity index (χ3n) is 3.29. The summed E-state index contributed by atoms with van der Waals surface area (Å²) in [6.45, 7) is 8.10. The van der Waals surface area contributed by atoms with E-state index >= 15 is 0 Å². The predicted molar refractivity (Wildman–Crippen MR) is 62.6 cm³/mol. The van der Waals surface area contributed by atoms with Crippen LogP contribution in [-0.2, 0) is 0 Å². The van der Waals surface area contributed by atoms with Gasteiger partial charge < -0.3 is 10.2 Å². The summed E-state index contributed by atoms with van der Waals surface area (Å²) in [5.74, 6) is 1.01. The average Bonchev–Trinajstić information content (AvgIpc) is 2.09. The lowest BCUT2D eigenvalue weighted by Crippen LogP contribution is -2.34. The highest BCUT2D eigenvalue weighted by Crippen LogP contribution is 2.26. The molecule has 1 fully saturated rings. The molecular weight excluding hydrogens is 172 g/mol. The Morgan fingerprint density at radius 3 is 2.64 bits per heavy atom. The van der Waals surface area contributed by atoms with Crippen LogP contribution in [0.5, 0.6) is 0 Å². The van der Waals surface area contributed by atoms with Crippen molar-refractivity contribution in [2.24, 2.45) is 5.92 Å². The number of hydrogen-bond acceptors (Lipinski definition) is 2. The van der Waals surface area contributed by atoms with Crippen molar-refractivity contribution in [1.82, 2.24) is 10.2 Å². The summed E-state index contributed by atoms with van der Waals surface area (Å²) < 4.78 is 0. The van der Waals surface area contributed by atoms with Gasteiger partial charge in [0, 0.05) is 12.6 Å². The summed E-state index contributed by atoms with van der Waals surface area (Å²) >= 11 is 0. The van der Waals surface area contributed by atoms with Crippen molar-refractivity contribution in [3.63, 3.8) is 0 Å². The van der Waals surface area contributed by atoms with Crippen LogP contribution in [0.3, 0.4) is 0 Å². The number of hydrogen-bond donors (Lipinski definition) is 1. The summed E-state index contributed by atoms with van der Waals surface area (Å²) in [5.41, 5.74) is 0. The molecule has 2 nitrogen and oxygen atoms in total. The minimum absolute atomic E-state index is 0.670. The summed E-state index contributed by atoms with van der Waals surface area (Å²) in [7, 11) is 2.26. The Kier molecular flexibility index (Phi) is 5.49. The second-order valence-electron chi connectivity index (χ2n) is 4.81. The molecule has 0 aromatic heterocycles. The SMILES string of the molecule is CCNC(C)CCN(C)CC1CCC1. The quantitative estimate of drug-likeness (QED) is 0.674. The molecule has 0 radical (unpaired) electrons. The third-order valence-corrected chi connectivity index (χ3v) is 3.29. The van der Waals surface area contributed by atoms with E-state index < -0.39 is 0 Å². The van der Waals surface area contributed by atoms with Crippen LogP contribution in [0.1, 0.15) is 39.5 Å². The molecule has 1 rings (SSSR count). The summed E-state index contributed by atoms with van der Waals surface area (Å²) in [4.78, 5) is 2.50. The van der Waals surface area contributed by atoms with E-state index in [9.17, 15) is 0 Å². The predicted octanol–water partition coefficient (Wildman–Crippen LogP) is 2.11. The molecule has 84 valence electrons. The van der Waals surface area contributed by atoms with E-state index in [0.717, 1.165) is 12.5 Å². The second-order valence-corrected chi connectivity index (χ2v) is 4.81. The molecule has 2 heteroatoms. The van der Waals surface area contributed by atoms with Crippen LogP contribution in [0.4, 0.5) is 0 Å². The molecule has 1 aliphatic carbocycles. The van der Waals surface area contributed by atoms with Crippen LogP contribution in [0.15, 0.2) is 0 Å². The lowest BCUT2D eigenvalue weighted by atomic mass is 9.85. The standard InChI is InChI=1S/C12H26N2/c1-4-13-11(2)8-9-14(3)10-12-6-5-7-12/h11-13H,4-10H2,1-3H3. The molecule has 1 unspecified atom stereocenters. The van der Waals surface area contributed by atoms with Crippen LogP contribution in [0.25, 0.3) is 0 Å². The monoisotopic (exact) mass is 198 g/mol. The summed E-state index contributed by atoms with van der Waals surface area (Å²) in [6.07, 6.45) is 5.67. The van der Waals surface area contributed by atoms with Crippen molar-refractivity contribution in [3.05, 3.63) is 0 Å². The highest BCUT2D eigenvalue weighted by molar-refractivity contribution is 4.73. The topological polar surface area (TPSA) is 15.3 Å². The fourth-order valence-corrected chi connectivity index (χ4v) is 2.07. The van der Waals surface area contributed by atoms with Crippen LogP contribution in [-0.4, -0.2) is 37.6 Å². The van der Waals surface area contributed by atoms with E-state index in [0.29, 0.717) is 6.04 Å². The van der Waals surface area contributed by atoms with Gasteiger partial charge in [0.1, 0.15) is 0 Å². The zero-order valence-corrected chi connectivity index (χ0v) is 10.1. The zero-order valence-electron chi connectivity index (χ0n) is 10.1. The number of rotatable bonds is 7. The summed E-state index contributed by atoms with van der Waals surface area (Å²) in [6, 6.07) is 0.670. The van der Waals surface area contributed by atoms with Gasteiger partial charge in [0.25, 0.3) is 0 Å². The van der Waals surface area contributed by atoms with Crippen molar-refractivity contribution in [1.29, 1.82) is 0 Å². The molecule has 1 aliphatic rings. The Hall–Kier alpha value is -0.0800. The maximum atomic E-state index is 3.46. The van der Waals surface area contributed by atoms with Gasteiger partial charge in [-0.2, -0.15) is 0 Å². The van der Waals surface area contributed by atoms with E-state index in [4.69, 9.17) is 0 Å². The van der Waals surface area contributed by atoms with Gasteiger partial charge in [-0.15, -0.1) is 0 Å². The molecule has 0 aromatic carbocycles. The van der Waals surface area contributed by atoms with Gasteiger partial charge in [0.15, 0.2) is 0 Å². The molecular formula is C12H26N2. The molecule has 14 heavy (non-hydrogen) atoms. The maximum absolute atomic E-state index is 3.46. The Bertz CT molecular complexity index is 143. The molecule has 1 saturated carbocycles. The first-order valence-electron chi connectivity index (χ1n) is 6.14. The first kappa shape index (κ1) is 12.0. The highest BCUT2D eigenvalue weighted by Gasteiger charge is 2.18. The molecule has 0 aromatic rings. The molecule has 0 amide bonds. The van der Waals surface area contributed by atoms with Crippen LogP contribution >= 0.6 is 0 Å². The third kappa shape index (κ3) is 4.43. The molecule has 0 spiro atoms. The molecule has 1 N–H and O–H groups in total. The van der Waals surface area contributed by atoms with Gasteiger partial charge in [-0.25, -0.2) is 0 Å². The van der Waals surface area contributed by atoms with Gasteiger partial charge in [-0.3, -0.25) is 0 Å². The van der Waals surface area contributed by atoms with Crippen LogP contribution in [0.2, 0.25) is 0 Å². The first-order valence-corrected chi connectivity index (χ1v) is 6.14. The van der Waals surface area contributed by atoms with Crippen molar-refractivity contribution < 1.29 is 0 Å². The van der Waals surface area contributed by atoms with Gasteiger partial charge in [0.2, 0.25) is 0 Å². The minimum Gasteiger partial charge on any atom is -0.314 e. The smallest absolute Gasteiger partial charge is 0.00507 e. The number of nitrogens with zero attached hydrogens (tertiary/aromatic N) is 1. The van der Waals surface area contributed by atoms with E-state index in [1.807, 2.05) is 0 Å². The minimum atomic E-state index is 0.670. The molecule has 0 aliphatic heterocycles. The molecule has 0 saturated heterocycles. The fraction of sp³-hybridized carbons (Fsp3) is 1.00. The lowest BCUT2D eigenvalue weighted by Gasteiger charge is -2.30. The Morgan fingerprint density at radius 1 is 1.43 bits per heavy atom. The van der Waals surface area contributed by atoms with E-state index in [1.165, 1.54) is 38.8 Å². The molecule has 0 bridgehead atoms. The van der Waals surface area contributed by atoms with Gasteiger partial charge in [-0.1, -0.05) is 13.3 Å². The molecule has 1 atom stereocenters. The fourth-order valence-electron chi connectivity index (χ4n) is 2.07. The highest BCUT2D eigenvalue weighted by atomic mass is 15.1. The average molecular weight is 198 g/mol. The Balaban J connectivity index is 1.98. The number of nitrogens with one attached hydrogen (secondary N) is 1. The lowest BCUT2D eigenvalue weighted by molar-refractivity contribution is 0.200. The summed E-state index contributed by atoms with van der Waals surface area (Å²) in [5, 5.41) is 3.46. The van der Waals surface area contributed by atoms with Crippen molar-refractivity contribution in [2.45, 2.75) is 45.6 Å². The second kappa shape index (κ2) is 6.41. The largest absolute Gasteiger partial charge is 0.314 e. The van der Waals surface area contributed by atoms with Crippen molar-refractivity contribution in [3.8, 4) is 0 Å². The van der Waals surface area contributed by atoms with Gasteiger partial charge in [0.05, 0.1) is 0 Å². The van der Waals surface area contributed by atoms with Crippen LogP contribution in [0, 0.1) is 5.92 Å². The first-order chi connectivity index (χ1) is 6.72. The Labute approximate surface area is 89.1 Å². The van der Waals surface area contributed by atoms with E-state index in [2.05, 4.69) is 31.1 Å². The van der Waals surface area contributed by atoms with Crippen molar-refractivity contribution in [2.75, 3.05) is 26.7 Å². The maximum Gasteiger partial charge on any atom is 0.00507 e. The normalized spacial score (nSPS) is 19.7. The Morgan fingerprint density at radius 2 is 2.14 bits per heavy atom. The van der Waals surface area contributed by atoms with E-state index in [1.54, 1.807) is 0 Å². The van der Waals surface area contributed by atoms with Crippen molar-refractivity contribution >= 4 is 0 Å².